The van der Waals surface area contributed by atoms with Gasteiger partial charge < -0.3 is 22.3 Å². The first kappa shape index (κ1) is 33.8. The van der Waals surface area contributed by atoms with E-state index in [4.69, 9.17) is 0 Å². The van der Waals surface area contributed by atoms with Gasteiger partial charge in [-0.3, -0.25) is 12.2 Å². The Morgan fingerprint density at radius 2 is 1.00 bits per heavy atom. The molecular weight excluding hydrogens is 383 g/mol. The topological polar surface area (TPSA) is 0 Å². The van der Waals surface area contributed by atoms with Gasteiger partial charge in [-0.2, -0.15) is 11.1 Å². The predicted molar refractivity (Wildman–Crippen MR) is 106 cm³/mol. The molecule has 0 fully saturated rings. The van der Waals surface area contributed by atoms with Crippen LogP contribution in [-0.4, -0.2) is 6.88 Å². The summed E-state index contributed by atoms with van der Waals surface area (Å²) in [6.45, 7) is 14.8. The van der Waals surface area contributed by atoms with Gasteiger partial charge in [0.1, 0.15) is 0 Å². The normalized spacial score (nSPS) is 20.2. The Morgan fingerprint density at radius 3 is 1.05 bits per heavy atom. The van der Waals surface area contributed by atoms with Crippen molar-refractivity contribution in [2.75, 3.05) is 0 Å². The molecule has 0 N–H and O–H groups in total. The molecule has 2 aliphatic carbocycles. The molecule has 0 bridgehead atoms. The zero-order valence-corrected chi connectivity index (χ0v) is 20.6. The molecule has 2 unspecified atom stereocenters. The van der Waals surface area contributed by atoms with Gasteiger partial charge in [0, 0.05) is 0 Å². The van der Waals surface area contributed by atoms with Crippen LogP contribution in [0.4, 0.5) is 0 Å². The van der Waals surface area contributed by atoms with Crippen LogP contribution in [-0.2, 0) is 23.3 Å². The molecule has 0 heterocycles. The summed E-state index contributed by atoms with van der Waals surface area (Å²) in [5.41, 5.74) is 5.44. The van der Waals surface area contributed by atoms with E-state index in [2.05, 4.69) is 65.8 Å². The third-order valence-corrected chi connectivity index (χ3v) is 3.14. The molecule has 2 atom stereocenters. The third-order valence-electron chi connectivity index (χ3n) is 3.14. The average Bonchev–Trinajstić information content (AvgIpc) is 2.74. The molecule has 0 aromatic rings. The zero-order valence-electron chi connectivity index (χ0n) is 15.9. The summed E-state index contributed by atoms with van der Waals surface area (Å²) in [6, 6.07) is 0. The fraction of sp³-hybridized carbons (Fsp3) is 0.421. The molecule has 22 heavy (non-hydrogen) atoms. The molecule has 0 saturated carbocycles. The Hall–Kier alpha value is 0.350. The van der Waals surface area contributed by atoms with Crippen LogP contribution in [0, 0.1) is 46.3 Å². The van der Waals surface area contributed by atoms with Gasteiger partial charge in [-0.15, -0.1) is 12.4 Å². The van der Waals surface area contributed by atoms with Gasteiger partial charge >= 0.3 is 30.2 Å². The maximum atomic E-state index is 3.29. The molecular formula is C19H34ClSiZr-5. The monoisotopic (exact) mass is 415 g/mol. The van der Waals surface area contributed by atoms with E-state index in [0.717, 1.165) is 0 Å². The first-order valence-corrected chi connectivity index (χ1v) is 12.2. The third kappa shape index (κ3) is 12.9. The first-order valence-electron chi connectivity index (χ1n) is 6.32. The van der Waals surface area contributed by atoms with Gasteiger partial charge in [0.25, 0.3) is 0 Å². The van der Waals surface area contributed by atoms with Gasteiger partial charge in [0.2, 0.25) is 0 Å². The molecule has 0 spiro atoms. The molecule has 0 aromatic heterocycles. The first-order chi connectivity index (χ1) is 8.40. The molecule has 0 amide bonds. The standard InChI is InChI=1S/2C8H11.3CH3.ClH.H2Si.Zr/c2*1-6-4-7(2)8(3)5-6;;;;;;/h2*4,8H,1-3H3;3*1H3;1H;1H2;/q5*-1;;;. The van der Waals surface area contributed by atoms with Crippen LogP contribution in [0.1, 0.15) is 41.5 Å². The quantitative estimate of drug-likeness (QED) is 0.360. The van der Waals surface area contributed by atoms with E-state index in [-0.39, 0.29) is 34.7 Å². The van der Waals surface area contributed by atoms with Crippen LogP contribution >= 0.6 is 12.4 Å². The van der Waals surface area contributed by atoms with Crippen LogP contribution in [0.25, 0.3) is 0 Å². The molecule has 0 aliphatic heterocycles. The van der Waals surface area contributed by atoms with E-state index in [1.165, 1.54) is 22.3 Å². The number of hydrogen-bond acceptors (Lipinski definition) is 0. The van der Waals surface area contributed by atoms with Crippen molar-refractivity contribution in [2.45, 2.75) is 41.5 Å². The van der Waals surface area contributed by atoms with E-state index in [9.17, 15) is 0 Å². The summed E-state index contributed by atoms with van der Waals surface area (Å²) >= 11 is 1.58. The SMILES string of the molecule is CC1=[C-]C(C)C(C)=C1.CC1=[C-]C(C)C(C)=C1.Cl.[CH3-].[CH3-].[CH3-].[SiH2]=[Zr]. The summed E-state index contributed by atoms with van der Waals surface area (Å²) in [7, 11) is 0. The molecule has 3 heteroatoms. The molecule has 0 saturated heterocycles. The summed E-state index contributed by atoms with van der Waals surface area (Å²) in [6.07, 6.45) is 11.0. The van der Waals surface area contributed by atoms with Gasteiger partial charge in [-0.25, -0.2) is 23.3 Å². The Morgan fingerprint density at radius 1 is 0.773 bits per heavy atom. The van der Waals surface area contributed by atoms with Crippen molar-refractivity contribution >= 4 is 19.3 Å². The second-order valence-corrected chi connectivity index (χ2v) is 4.87. The van der Waals surface area contributed by atoms with E-state index in [0.29, 0.717) is 11.8 Å². The van der Waals surface area contributed by atoms with Crippen molar-refractivity contribution in [3.8, 4) is 0 Å². The molecule has 2 rings (SSSR count). The Balaban J connectivity index is -0.0000000676. The number of rotatable bonds is 0. The summed E-state index contributed by atoms with van der Waals surface area (Å²) < 4.78 is 0. The van der Waals surface area contributed by atoms with Gasteiger partial charge in [-0.05, 0) is 0 Å². The van der Waals surface area contributed by atoms with Crippen LogP contribution in [0.15, 0.2) is 34.4 Å². The summed E-state index contributed by atoms with van der Waals surface area (Å²) in [4.78, 5) is 0. The fourth-order valence-electron chi connectivity index (χ4n) is 1.93. The van der Waals surface area contributed by atoms with Crippen molar-refractivity contribution < 1.29 is 23.3 Å². The molecule has 2 aliphatic rings. The number of hydrogen-bond donors (Lipinski definition) is 0. The molecule has 0 radical (unpaired) electrons. The van der Waals surface area contributed by atoms with Crippen LogP contribution in [0.2, 0.25) is 0 Å². The van der Waals surface area contributed by atoms with Gasteiger partial charge in [-0.1, -0.05) is 53.4 Å². The van der Waals surface area contributed by atoms with Crippen molar-refractivity contribution in [3.05, 3.63) is 68.9 Å². The molecule has 0 nitrogen and oxygen atoms in total. The average molecular weight is 417 g/mol. The number of allylic oxidation sites excluding steroid dienone is 8. The second-order valence-electron chi connectivity index (χ2n) is 4.87. The van der Waals surface area contributed by atoms with Crippen LogP contribution < -0.4 is 0 Å². The number of halogens is 1. The molecule has 130 valence electrons. The summed E-state index contributed by atoms with van der Waals surface area (Å²) in [5, 5.41) is 0. The Labute approximate surface area is 164 Å². The van der Waals surface area contributed by atoms with Crippen LogP contribution in [0.5, 0.6) is 0 Å². The zero-order chi connectivity index (χ0) is 14.3. The van der Waals surface area contributed by atoms with E-state index in [1.807, 2.05) is 6.88 Å². The van der Waals surface area contributed by atoms with Crippen molar-refractivity contribution in [3.63, 3.8) is 0 Å². The second kappa shape index (κ2) is 17.7. The Kier molecular flexibility index (Phi) is 27.2. The predicted octanol–water partition coefficient (Wildman–Crippen LogP) is 5.52. The van der Waals surface area contributed by atoms with E-state index < -0.39 is 0 Å². The van der Waals surface area contributed by atoms with Crippen molar-refractivity contribution in [2.24, 2.45) is 11.8 Å². The van der Waals surface area contributed by atoms with Crippen molar-refractivity contribution in [1.29, 1.82) is 0 Å². The van der Waals surface area contributed by atoms with Gasteiger partial charge in [0.05, 0.1) is 0 Å². The minimum absolute atomic E-state index is 0. The van der Waals surface area contributed by atoms with Crippen molar-refractivity contribution in [1.82, 2.24) is 0 Å². The maximum absolute atomic E-state index is 3.29. The van der Waals surface area contributed by atoms with E-state index in [1.54, 1.807) is 23.3 Å². The minimum atomic E-state index is 0. The van der Waals surface area contributed by atoms with Crippen LogP contribution in [0.3, 0.4) is 0 Å². The summed E-state index contributed by atoms with van der Waals surface area (Å²) in [5.74, 6) is 1.13. The van der Waals surface area contributed by atoms with Gasteiger partial charge in [0.15, 0.2) is 0 Å². The fourth-order valence-corrected chi connectivity index (χ4v) is 1.93. The molecule has 0 aromatic carbocycles. The van der Waals surface area contributed by atoms with E-state index >= 15 is 0 Å². The Bertz CT molecular complexity index is 368.